The number of carbonyl (C=O) groups is 1. The molecule has 1 saturated heterocycles. The number of aliphatic hydroxyl groups is 1. The lowest BCUT2D eigenvalue weighted by atomic mass is 9.99. The van der Waals surface area contributed by atoms with Gasteiger partial charge in [0.25, 0.3) is 5.91 Å². The molecule has 1 aromatic carbocycles. The molecule has 7 heteroatoms. The van der Waals surface area contributed by atoms with Crippen LogP contribution < -0.4 is 0 Å². The van der Waals surface area contributed by atoms with Gasteiger partial charge in [-0.2, -0.15) is 5.10 Å². The van der Waals surface area contributed by atoms with Crippen molar-refractivity contribution in [1.29, 1.82) is 0 Å². The van der Waals surface area contributed by atoms with Crippen LogP contribution in [0.25, 0.3) is 10.9 Å². The maximum absolute atomic E-state index is 13.1. The fourth-order valence-corrected chi connectivity index (χ4v) is 4.75. The molecule has 0 aliphatic carbocycles. The van der Waals surface area contributed by atoms with Crippen molar-refractivity contribution in [2.24, 2.45) is 0 Å². The van der Waals surface area contributed by atoms with Gasteiger partial charge in [-0.25, -0.2) is 0 Å². The molecule has 3 aromatic rings. The third-order valence-electron chi connectivity index (χ3n) is 6.65. The number of nitrogens with zero attached hydrogens (tertiary/aromatic N) is 5. The van der Waals surface area contributed by atoms with E-state index >= 15 is 0 Å². The molecule has 1 amide bonds. The Morgan fingerprint density at radius 1 is 1.28 bits per heavy atom. The molecule has 1 unspecified atom stereocenters. The Morgan fingerprint density at radius 2 is 2.06 bits per heavy atom. The van der Waals surface area contributed by atoms with Crippen molar-refractivity contribution >= 4 is 16.8 Å². The number of hydrogen-bond acceptors (Lipinski definition) is 5. The summed E-state index contributed by atoms with van der Waals surface area (Å²) in [6.45, 7) is 10.3. The zero-order chi connectivity index (χ0) is 22.8. The van der Waals surface area contributed by atoms with E-state index < -0.39 is 0 Å². The number of pyridine rings is 1. The third-order valence-corrected chi connectivity index (χ3v) is 6.65. The molecule has 0 radical (unpaired) electrons. The Bertz CT molecular complexity index is 1120. The second-order valence-electron chi connectivity index (χ2n) is 8.75. The summed E-state index contributed by atoms with van der Waals surface area (Å²) in [5.74, 6) is 0.211. The molecular weight excluding hydrogens is 402 g/mol. The van der Waals surface area contributed by atoms with Gasteiger partial charge in [0.05, 0.1) is 23.4 Å². The minimum atomic E-state index is -0.0769. The molecule has 2 aromatic heterocycles. The summed E-state index contributed by atoms with van der Waals surface area (Å²) in [7, 11) is 1.73. The molecule has 0 saturated carbocycles. The first-order valence-corrected chi connectivity index (χ1v) is 11.4. The predicted octanol–water partition coefficient (Wildman–Crippen LogP) is 3.12. The molecule has 1 atom stereocenters. The maximum Gasteiger partial charge on any atom is 0.254 e. The van der Waals surface area contributed by atoms with Crippen molar-refractivity contribution in [3.8, 4) is 0 Å². The van der Waals surface area contributed by atoms with Crippen LogP contribution in [0.4, 0.5) is 0 Å². The lowest BCUT2D eigenvalue weighted by Gasteiger charge is -2.19. The van der Waals surface area contributed by atoms with Crippen LogP contribution in [0.5, 0.6) is 0 Å². The summed E-state index contributed by atoms with van der Waals surface area (Å²) in [4.78, 5) is 22.1. The van der Waals surface area contributed by atoms with Crippen LogP contribution in [0.2, 0.25) is 0 Å². The van der Waals surface area contributed by atoms with Gasteiger partial charge < -0.3 is 10.0 Å². The number of likely N-dealkylation sites (tertiary alicyclic amines) is 1. The summed E-state index contributed by atoms with van der Waals surface area (Å²) in [6.07, 6.45) is 1.02. The van der Waals surface area contributed by atoms with E-state index in [1.165, 1.54) is 11.3 Å². The minimum Gasteiger partial charge on any atom is -0.395 e. The minimum absolute atomic E-state index is 0.0524. The SMILES string of the molecule is CCn1nc(C)c(CN2CCC(c3cc(C(=O)N(C)CCO)c4ccccc4n3)C2)c1C. The first kappa shape index (κ1) is 22.4. The third kappa shape index (κ3) is 4.27. The molecule has 7 nitrogen and oxygen atoms in total. The van der Waals surface area contributed by atoms with Gasteiger partial charge in [-0.15, -0.1) is 0 Å². The van der Waals surface area contributed by atoms with Crippen LogP contribution in [0.1, 0.15) is 52.3 Å². The van der Waals surface area contributed by atoms with E-state index in [0.717, 1.165) is 54.9 Å². The van der Waals surface area contributed by atoms with Crippen LogP contribution in [-0.4, -0.2) is 68.9 Å². The van der Waals surface area contributed by atoms with E-state index in [1.54, 1.807) is 11.9 Å². The molecule has 0 spiro atoms. The Labute approximate surface area is 189 Å². The highest BCUT2D eigenvalue weighted by molar-refractivity contribution is 6.06. The Hall–Kier alpha value is -2.77. The number of amides is 1. The molecular formula is C25H33N5O2. The van der Waals surface area contributed by atoms with Crippen molar-refractivity contribution in [2.45, 2.75) is 46.2 Å². The molecule has 3 heterocycles. The highest BCUT2D eigenvalue weighted by Crippen LogP contribution is 2.31. The Kier molecular flexibility index (Phi) is 6.58. The number of hydrogen-bond donors (Lipinski definition) is 1. The van der Waals surface area contributed by atoms with Gasteiger partial charge >= 0.3 is 0 Å². The molecule has 1 fully saturated rings. The van der Waals surface area contributed by atoms with E-state index in [1.807, 2.05) is 30.3 Å². The fourth-order valence-electron chi connectivity index (χ4n) is 4.75. The van der Waals surface area contributed by atoms with Crippen LogP contribution in [-0.2, 0) is 13.1 Å². The smallest absolute Gasteiger partial charge is 0.254 e. The van der Waals surface area contributed by atoms with E-state index in [-0.39, 0.29) is 18.4 Å². The highest BCUT2D eigenvalue weighted by atomic mass is 16.3. The average molecular weight is 436 g/mol. The molecule has 0 bridgehead atoms. The number of carbonyl (C=O) groups excluding carboxylic acids is 1. The molecule has 170 valence electrons. The lowest BCUT2D eigenvalue weighted by molar-refractivity contribution is 0.0768. The maximum atomic E-state index is 13.1. The van der Waals surface area contributed by atoms with Gasteiger partial charge in [0.2, 0.25) is 0 Å². The molecule has 1 aliphatic heterocycles. The average Bonchev–Trinajstić information content (AvgIpc) is 3.38. The molecule has 1 aliphatic rings. The van der Waals surface area contributed by atoms with Gasteiger partial charge in [0.1, 0.15) is 0 Å². The van der Waals surface area contributed by atoms with Crippen molar-refractivity contribution in [3.63, 3.8) is 0 Å². The zero-order valence-corrected chi connectivity index (χ0v) is 19.5. The number of aliphatic hydroxyl groups excluding tert-OH is 1. The van der Waals surface area contributed by atoms with Crippen molar-refractivity contribution in [3.05, 3.63) is 58.5 Å². The van der Waals surface area contributed by atoms with Gasteiger partial charge in [-0.1, -0.05) is 18.2 Å². The Balaban J connectivity index is 1.59. The number of aryl methyl sites for hydroxylation is 2. The number of fused-ring (bicyclic) bond motifs is 1. The largest absolute Gasteiger partial charge is 0.395 e. The second-order valence-corrected chi connectivity index (χ2v) is 8.75. The zero-order valence-electron chi connectivity index (χ0n) is 19.5. The monoisotopic (exact) mass is 435 g/mol. The van der Waals surface area contributed by atoms with Gasteiger partial charge in [0.15, 0.2) is 0 Å². The normalized spacial score (nSPS) is 16.7. The van der Waals surface area contributed by atoms with Crippen molar-refractivity contribution < 1.29 is 9.90 Å². The van der Waals surface area contributed by atoms with Crippen LogP contribution in [0.3, 0.4) is 0 Å². The summed E-state index contributed by atoms with van der Waals surface area (Å²) in [5.41, 5.74) is 6.16. The van der Waals surface area contributed by atoms with Gasteiger partial charge in [0, 0.05) is 61.5 Å². The molecule has 32 heavy (non-hydrogen) atoms. The summed E-state index contributed by atoms with van der Waals surface area (Å²) < 4.78 is 2.07. The highest BCUT2D eigenvalue weighted by Gasteiger charge is 2.28. The first-order chi connectivity index (χ1) is 15.4. The van der Waals surface area contributed by atoms with E-state index in [4.69, 9.17) is 4.98 Å². The number of aromatic nitrogens is 3. The van der Waals surface area contributed by atoms with Gasteiger partial charge in [-0.3, -0.25) is 19.4 Å². The van der Waals surface area contributed by atoms with Gasteiger partial charge in [-0.05, 0) is 45.9 Å². The molecule has 4 rings (SSSR count). The van der Waals surface area contributed by atoms with Crippen LogP contribution in [0, 0.1) is 13.8 Å². The topological polar surface area (TPSA) is 74.5 Å². The van der Waals surface area contributed by atoms with Crippen LogP contribution >= 0.6 is 0 Å². The van der Waals surface area contributed by atoms with E-state index in [0.29, 0.717) is 12.1 Å². The number of likely N-dealkylation sites (N-methyl/N-ethyl adjacent to an activating group) is 1. The number of rotatable bonds is 7. The number of para-hydroxylation sites is 1. The van der Waals surface area contributed by atoms with Crippen molar-refractivity contribution in [2.75, 3.05) is 33.3 Å². The van der Waals surface area contributed by atoms with E-state index in [9.17, 15) is 9.90 Å². The number of benzene rings is 1. The summed E-state index contributed by atoms with van der Waals surface area (Å²) in [5, 5.41) is 14.8. The fraction of sp³-hybridized carbons (Fsp3) is 0.480. The summed E-state index contributed by atoms with van der Waals surface area (Å²) >= 11 is 0. The summed E-state index contributed by atoms with van der Waals surface area (Å²) in [6, 6.07) is 9.79. The Morgan fingerprint density at radius 3 is 2.78 bits per heavy atom. The molecule has 1 N–H and O–H groups in total. The predicted molar refractivity (Wildman–Crippen MR) is 126 cm³/mol. The van der Waals surface area contributed by atoms with E-state index in [2.05, 4.69) is 35.5 Å². The first-order valence-electron chi connectivity index (χ1n) is 11.4. The van der Waals surface area contributed by atoms with Crippen molar-refractivity contribution in [1.82, 2.24) is 24.6 Å². The quantitative estimate of drug-likeness (QED) is 0.617. The standard InChI is InChI=1S/C25H33N5O2/c1-5-30-18(3)22(17(2)27-30)16-29-11-10-19(15-29)24-14-21(25(32)28(4)12-13-31)20-8-6-7-9-23(20)26-24/h6-9,14,19,31H,5,10-13,15-16H2,1-4H3. The lowest BCUT2D eigenvalue weighted by Crippen LogP contribution is -2.30. The second kappa shape index (κ2) is 9.38. The van der Waals surface area contributed by atoms with Crippen LogP contribution in [0.15, 0.2) is 30.3 Å².